The van der Waals surface area contributed by atoms with E-state index < -0.39 is 5.91 Å². The number of ether oxygens (including phenoxy) is 1. The Morgan fingerprint density at radius 2 is 1.96 bits per heavy atom. The molecule has 1 fully saturated rings. The molecule has 2 amide bonds. The zero-order valence-electron chi connectivity index (χ0n) is 12.9. The van der Waals surface area contributed by atoms with Gasteiger partial charge in [0.2, 0.25) is 5.91 Å². The topological polar surface area (TPSA) is 72.6 Å². The number of hydrogen-bond acceptors (Lipinski definition) is 4. The highest BCUT2D eigenvalue weighted by atomic mass is 35.5. The summed E-state index contributed by atoms with van der Waals surface area (Å²) in [7, 11) is 0. The average molecular weight is 397 g/mol. The van der Waals surface area contributed by atoms with E-state index in [9.17, 15) is 9.59 Å². The van der Waals surface area contributed by atoms with Crippen molar-refractivity contribution in [1.29, 1.82) is 0 Å². The summed E-state index contributed by atoms with van der Waals surface area (Å²) in [5.41, 5.74) is 6.70. The van der Waals surface area contributed by atoms with E-state index in [4.69, 9.17) is 33.7 Å². The maximum Gasteiger partial charge on any atom is 0.255 e. The van der Waals surface area contributed by atoms with Crippen molar-refractivity contribution in [3.63, 3.8) is 0 Å². The lowest BCUT2D eigenvalue weighted by Crippen LogP contribution is -2.27. The minimum atomic E-state index is -0.578. The second-order valence-electron chi connectivity index (χ2n) is 5.35. The van der Waals surface area contributed by atoms with E-state index in [1.807, 2.05) is 18.2 Å². The standard InChI is InChI=1S/C17H14Cl2N2O3S/c18-11-2-4-12(5-3-11)21-16(23)9-25-17(21)10-1-6-14(13(19)7-10)24-8-15(20)22/h1-7,17H,8-9H2,(H2,20,22)/t17-/m0/s1. The van der Waals surface area contributed by atoms with Crippen molar-refractivity contribution in [3.8, 4) is 5.75 Å². The maximum absolute atomic E-state index is 12.3. The van der Waals surface area contributed by atoms with Crippen LogP contribution >= 0.6 is 35.0 Å². The first-order valence-corrected chi connectivity index (χ1v) is 9.16. The third-order valence-electron chi connectivity index (χ3n) is 3.58. The van der Waals surface area contributed by atoms with Gasteiger partial charge >= 0.3 is 0 Å². The number of nitrogens with two attached hydrogens (primary N) is 1. The Labute approximate surface area is 159 Å². The van der Waals surface area contributed by atoms with Crippen LogP contribution in [0.25, 0.3) is 0 Å². The molecule has 0 bridgehead atoms. The fourth-order valence-corrected chi connectivity index (χ4v) is 4.02. The molecule has 2 aromatic carbocycles. The summed E-state index contributed by atoms with van der Waals surface area (Å²) in [5.74, 6) is 0.190. The first-order chi connectivity index (χ1) is 12.0. The monoisotopic (exact) mass is 396 g/mol. The Kier molecular flexibility index (Phi) is 5.42. The predicted molar refractivity (Wildman–Crippen MR) is 100 cm³/mol. The lowest BCUT2D eigenvalue weighted by atomic mass is 10.1. The molecular formula is C17H14Cl2N2O3S. The van der Waals surface area contributed by atoms with Crippen molar-refractivity contribution in [3.05, 3.63) is 58.1 Å². The molecule has 130 valence electrons. The molecular weight excluding hydrogens is 383 g/mol. The van der Waals surface area contributed by atoms with Gasteiger partial charge in [0.25, 0.3) is 5.91 Å². The predicted octanol–water partition coefficient (Wildman–Crippen LogP) is 3.64. The van der Waals surface area contributed by atoms with Gasteiger partial charge < -0.3 is 10.5 Å². The van der Waals surface area contributed by atoms with E-state index in [0.717, 1.165) is 11.3 Å². The Morgan fingerprint density at radius 3 is 2.60 bits per heavy atom. The lowest BCUT2D eigenvalue weighted by Gasteiger charge is -2.24. The normalized spacial score (nSPS) is 17.0. The Bertz CT molecular complexity index is 814. The van der Waals surface area contributed by atoms with Crippen LogP contribution in [0.3, 0.4) is 0 Å². The third kappa shape index (κ3) is 4.03. The summed E-state index contributed by atoms with van der Waals surface area (Å²) >= 11 is 13.7. The average Bonchev–Trinajstić information content (AvgIpc) is 2.96. The van der Waals surface area contributed by atoms with Crippen LogP contribution in [0.1, 0.15) is 10.9 Å². The molecule has 1 aliphatic heterocycles. The summed E-state index contributed by atoms with van der Waals surface area (Å²) in [6, 6.07) is 12.3. The van der Waals surface area contributed by atoms with Gasteiger partial charge in [0.15, 0.2) is 6.61 Å². The minimum Gasteiger partial charge on any atom is -0.482 e. The van der Waals surface area contributed by atoms with Crippen LogP contribution in [-0.4, -0.2) is 24.2 Å². The summed E-state index contributed by atoms with van der Waals surface area (Å²) in [4.78, 5) is 24.9. The van der Waals surface area contributed by atoms with E-state index in [-0.39, 0.29) is 17.9 Å². The minimum absolute atomic E-state index is 0.0162. The van der Waals surface area contributed by atoms with Gasteiger partial charge in [-0.1, -0.05) is 29.3 Å². The molecule has 0 unspecified atom stereocenters. The second-order valence-corrected chi connectivity index (χ2v) is 7.26. The molecule has 5 nitrogen and oxygen atoms in total. The van der Waals surface area contributed by atoms with Gasteiger partial charge in [-0.05, 0) is 42.0 Å². The number of carbonyl (C=O) groups is 2. The van der Waals surface area contributed by atoms with Crippen LogP contribution in [0.2, 0.25) is 10.0 Å². The van der Waals surface area contributed by atoms with E-state index in [1.165, 1.54) is 11.8 Å². The van der Waals surface area contributed by atoms with Crippen molar-refractivity contribution in [2.24, 2.45) is 5.73 Å². The van der Waals surface area contributed by atoms with Crippen LogP contribution in [0, 0.1) is 0 Å². The van der Waals surface area contributed by atoms with Crippen LogP contribution < -0.4 is 15.4 Å². The molecule has 3 rings (SSSR count). The molecule has 25 heavy (non-hydrogen) atoms. The fourth-order valence-electron chi connectivity index (χ4n) is 2.49. The van der Waals surface area contributed by atoms with E-state index in [2.05, 4.69) is 0 Å². The molecule has 1 saturated heterocycles. The van der Waals surface area contributed by atoms with Crippen molar-refractivity contribution < 1.29 is 14.3 Å². The molecule has 1 atom stereocenters. The van der Waals surface area contributed by atoms with Gasteiger partial charge in [0.1, 0.15) is 11.1 Å². The first kappa shape index (κ1) is 17.9. The number of carbonyl (C=O) groups excluding carboxylic acids is 2. The number of nitrogens with zero attached hydrogens (tertiary/aromatic N) is 1. The highest BCUT2D eigenvalue weighted by molar-refractivity contribution is 8.00. The van der Waals surface area contributed by atoms with E-state index in [0.29, 0.717) is 21.5 Å². The van der Waals surface area contributed by atoms with Gasteiger partial charge in [0.05, 0.1) is 10.8 Å². The zero-order chi connectivity index (χ0) is 18.0. The van der Waals surface area contributed by atoms with Crippen molar-refractivity contribution in [2.75, 3.05) is 17.3 Å². The van der Waals surface area contributed by atoms with Crippen LogP contribution in [0.4, 0.5) is 5.69 Å². The number of primary amides is 1. The molecule has 1 heterocycles. The second kappa shape index (κ2) is 7.56. The van der Waals surface area contributed by atoms with Gasteiger partial charge in [-0.25, -0.2) is 0 Å². The molecule has 0 radical (unpaired) electrons. The van der Waals surface area contributed by atoms with Crippen molar-refractivity contribution in [1.82, 2.24) is 0 Å². The molecule has 2 aromatic rings. The largest absolute Gasteiger partial charge is 0.482 e. The van der Waals surface area contributed by atoms with Gasteiger partial charge in [-0.15, -0.1) is 11.8 Å². The Morgan fingerprint density at radius 1 is 1.24 bits per heavy atom. The smallest absolute Gasteiger partial charge is 0.255 e. The lowest BCUT2D eigenvalue weighted by molar-refractivity contribution is -0.120. The molecule has 0 aliphatic carbocycles. The molecule has 0 spiro atoms. The van der Waals surface area contributed by atoms with E-state index in [1.54, 1.807) is 29.2 Å². The SMILES string of the molecule is NC(=O)COc1ccc([C@@H]2SCC(=O)N2c2ccc(Cl)cc2)cc1Cl. The fraction of sp³-hybridized carbons (Fsp3) is 0.176. The molecule has 0 saturated carbocycles. The molecule has 8 heteroatoms. The van der Waals surface area contributed by atoms with Crippen molar-refractivity contribution in [2.45, 2.75) is 5.37 Å². The highest BCUT2D eigenvalue weighted by Crippen LogP contribution is 2.43. The molecule has 2 N–H and O–H groups in total. The number of halogens is 2. The van der Waals surface area contributed by atoms with Gasteiger partial charge in [0, 0.05) is 10.7 Å². The van der Waals surface area contributed by atoms with Gasteiger partial charge in [-0.2, -0.15) is 0 Å². The summed E-state index contributed by atoms with van der Waals surface area (Å²) in [6.45, 7) is -0.243. The first-order valence-electron chi connectivity index (χ1n) is 7.35. The van der Waals surface area contributed by atoms with Crippen LogP contribution in [-0.2, 0) is 9.59 Å². The Balaban J connectivity index is 1.86. The quantitative estimate of drug-likeness (QED) is 0.836. The van der Waals surface area contributed by atoms with Crippen LogP contribution in [0.15, 0.2) is 42.5 Å². The highest BCUT2D eigenvalue weighted by Gasteiger charge is 2.34. The summed E-state index contributed by atoms with van der Waals surface area (Å²) in [6.07, 6.45) is 0. The molecule has 1 aliphatic rings. The van der Waals surface area contributed by atoms with Gasteiger partial charge in [-0.3, -0.25) is 14.5 Å². The van der Waals surface area contributed by atoms with E-state index >= 15 is 0 Å². The number of hydrogen-bond donors (Lipinski definition) is 1. The maximum atomic E-state index is 12.3. The summed E-state index contributed by atoms with van der Waals surface area (Å²) < 4.78 is 5.25. The number of benzene rings is 2. The zero-order valence-corrected chi connectivity index (χ0v) is 15.3. The Hall–Kier alpha value is -1.89. The number of thioether (sulfide) groups is 1. The molecule has 0 aromatic heterocycles. The third-order valence-corrected chi connectivity index (χ3v) is 5.34. The number of anilines is 1. The van der Waals surface area contributed by atoms with Crippen molar-refractivity contribution >= 4 is 52.5 Å². The number of amides is 2. The summed E-state index contributed by atoms with van der Waals surface area (Å²) in [5, 5.41) is 0.768. The number of rotatable bonds is 5. The van der Waals surface area contributed by atoms with Crippen LogP contribution in [0.5, 0.6) is 5.75 Å².